The van der Waals surface area contributed by atoms with E-state index in [-0.39, 0.29) is 11.9 Å². The average Bonchev–Trinajstić information content (AvgIpc) is 2.39. The molecule has 1 aromatic rings. The minimum Gasteiger partial charge on any atom is -0.378 e. The molecule has 0 aromatic heterocycles. The summed E-state index contributed by atoms with van der Waals surface area (Å²) in [5, 5.41) is 3.39. The molecule has 4 heteroatoms. The Kier molecular flexibility index (Phi) is 3.76. The zero-order chi connectivity index (χ0) is 12.3. The van der Waals surface area contributed by atoms with Crippen LogP contribution in [0.3, 0.4) is 0 Å². The van der Waals surface area contributed by atoms with Crippen molar-refractivity contribution in [3.63, 3.8) is 0 Å². The van der Waals surface area contributed by atoms with Crippen LogP contribution < -0.4 is 5.32 Å². The van der Waals surface area contributed by atoms with Crippen LogP contribution in [0.25, 0.3) is 0 Å². The summed E-state index contributed by atoms with van der Waals surface area (Å²) in [4.78, 5) is 13.3. The van der Waals surface area contributed by atoms with Gasteiger partial charge in [0.15, 0.2) is 0 Å². The Morgan fingerprint density at radius 1 is 1.35 bits per heavy atom. The molecular formula is C13H18N2O2. The second-order valence-corrected chi connectivity index (χ2v) is 4.40. The van der Waals surface area contributed by atoms with Crippen molar-refractivity contribution in [2.45, 2.75) is 6.04 Å². The molecule has 1 fully saturated rings. The van der Waals surface area contributed by atoms with Gasteiger partial charge in [-0.25, -0.2) is 0 Å². The molecule has 1 aliphatic rings. The van der Waals surface area contributed by atoms with E-state index in [9.17, 15) is 4.79 Å². The summed E-state index contributed by atoms with van der Waals surface area (Å²) in [6.45, 7) is 2.34. The monoisotopic (exact) mass is 234 g/mol. The fourth-order valence-electron chi connectivity index (χ4n) is 1.90. The van der Waals surface area contributed by atoms with Crippen molar-refractivity contribution in [1.29, 1.82) is 0 Å². The molecule has 17 heavy (non-hydrogen) atoms. The van der Waals surface area contributed by atoms with E-state index in [0.717, 1.165) is 18.7 Å². The summed E-state index contributed by atoms with van der Waals surface area (Å²) in [6.07, 6.45) is 0. The SMILES string of the molecule is CN(C)C(=O)c1ccc(C2COCCN2)cc1. The summed E-state index contributed by atoms with van der Waals surface area (Å²) >= 11 is 0. The van der Waals surface area contributed by atoms with E-state index in [1.165, 1.54) is 5.56 Å². The van der Waals surface area contributed by atoms with Crippen LogP contribution in [-0.2, 0) is 4.74 Å². The van der Waals surface area contributed by atoms with E-state index >= 15 is 0 Å². The first kappa shape index (κ1) is 12.1. The van der Waals surface area contributed by atoms with Gasteiger partial charge in [-0.2, -0.15) is 0 Å². The Balaban J connectivity index is 2.09. The number of amides is 1. The van der Waals surface area contributed by atoms with E-state index in [2.05, 4.69) is 5.32 Å². The molecule has 0 bridgehead atoms. The Morgan fingerprint density at radius 3 is 2.59 bits per heavy atom. The summed E-state index contributed by atoms with van der Waals surface area (Å²) in [6, 6.07) is 7.96. The van der Waals surface area contributed by atoms with Gasteiger partial charge in [0, 0.05) is 26.2 Å². The highest BCUT2D eigenvalue weighted by atomic mass is 16.5. The molecular weight excluding hydrogens is 216 g/mol. The minimum atomic E-state index is 0.0319. The molecule has 1 heterocycles. The molecule has 1 N–H and O–H groups in total. The molecule has 0 aliphatic carbocycles. The lowest BCUT2D eigenvalue weighted by Gasteiger charge is -2.24. The molecule has 2 rings (SSSR count). The molecule has 1 atom stereocenters. The molecule has 1 saturated heterocycles. The molecule has 1 unspecified atom stereocenters. The minimum absolute atomic E-state index is 0.0319. The molecule has 0 saturated carbocycles. The van der Waals surface area contributed by atoms with Crippen LogP contribution in [0.15, 0.2) is 24.3 Å². The number of morpholine rings is 1. The highest BCUT2D eigenvalue weighted by Crippen LogP contribution is 2.16. The van der Waals surface area contributed by atoms with Gasteiger partial charge < -0.3 is 15.0 Å². The summed E-state index contributed by atoms with van der Waals surface area (Å²) in [5.41, 5.74) is 1.88. The van der Waals surface area contributed by atoms with Gasteiger partial charge in [-0.3, -0.25) is 4.79 Å². The van der Waals surface area contributed by atoms with Crippen molar-refractivity contribution in [3.8, 4) is 0 Å². The maximum Gasteiger partial charge on any atom is 0.253 e. The summed E-state index contributed by atoms with van der Waals surface area (Å²) in [5.74, 6) is 0.0319. The lowest BCUT2D eigenvalue weighted by atomic mass is 10.0. The first-order chi connectivity index (χ1) is 8.18. The van der Waals surface area contributed by atoms with Crippen LogP contribution in [0.2, 0.25) is 0 Å². The maximum absolute atomic E-state index is 11.7. The van der Waals surface area contributed by atoms with Gasteiger partial charge in [-0.15, -0.1) is 0 Å². The van der Waals surface area contributed by atoms with E-state index in [1.54, 1.807) is 19.0 Å². The molecule has 4 nitrogen and oxygen atoms in total. The molecule has 1 aliphatic heterocycles. The number of nitrogens with one attached hydrogen (secondary N) is 1. The molecule has 1 aromatic carbocycles. The first-order valence-corrected chi connectivity index (χ1v) is 5.81. The van der Waals surface area contributed by atoms with Crippen LogP contribution in [0.5, 0.6) is 0 Å². The zero-order valence-corrected chi connectivity index (χ0v) is 10.3. The van der Waals surface area contributed by atoms with Crippen LogP contribution in [-0.4, -0.2) is 44.7 Å². The molecule has 1 amide bonds. The number of hydrogen-bond donors (Lipinski definition) is 1. The lowest BCUT2D eigenvalue weighted by Crippen LogP contribution is -2.34. The topological polar surface area (TPSA) is 41.6 Å². The predicted molar refractivity (Wildman–Crippen MR) is 66.0 cm³/mol. The van der Waals surface area contributed by atoms with E-state index in [1.807, 2.05) is 24.3 Å². The fraction of sp³-hybridized carbons (Fsp3) is 0.462. The van der Waals surface area contributed by atoms with Crippen molar-refractivity contribution in [2.24, 2.45) is 0 Å². The molecule has 0 radical (unpaired) electrons. The summed E-state index contributed by atoms with van der Waals surface area (Å²) in [7, 11) is 3.51. The Bertz CT molecular complexity index is 381. The fourth-order valence-corrected chi connectivity index (χ4v) is 1.90. The van der Waals surface area contributed by atoms with Gasteiger partial charge in [0.25, 0.3) is 5.91 Å². The van der Waals surface area contributed by atoms with Crippen LogP contribution in [0, 0.1) is 0 Å². The van der Waals surface area contributed by atoms with Crippen molar-refractivity contribution in [1.82, 2.24) is 10.2 Å². The van der Waals surface area contributed by atoms with Crippen LogP contribution >= 0.6 is 0 Å². The van der Waals surface area contributed by atoms with Gasteiger partial charge in [0.05, 0.1) is 19.3 Å². The lowest BCUT2D eigenvalue weighted by molar-refractivity contribution is 0.0768. The third-order valence-electron chi connectivity index (χ3n) is 2.89. The van der Waals surface area contributed by atoms with E-state index in [4.69, 9.17) is 4.74 Å². The number of benzene rings is 1. The van der Waals surface area contributed by atoms with Gasteiger partial charge in [-0.1, -0.05) is 12.1 Å². The number of rotatable bonds is 2. The quantitative estimate of drug-likeness (QED) is 0.831. The van der Waals surface area contributed by atoms with Gasteiger partial charge in [-0.05, 0) is 17.7 Å². The number of carbonyl (C=O) groups excluding carboxylic acids is 1. The Morgan fingerprint density at radius 2 is 2.06 bits per heavy atom. The average molecular weight is 234 g/mol. The van der Waals surface area contributed by atoms with Crippen LogP contribution in [0.4, 0.5) is 0 Å². The maximum atomic E-state index is 11.7. The predicted octanol–water partition coefficient (Wildman–Crippen LogP) is 1.05. The largest absolute Gasteiger partial charge is 0.378 e. The van der Waals surface area contributed by atoms with E-state index < -0.39 is 0 Å². The van der Waals surface area contributed by atoms with E-state index in [0.29, 0.717) is 6.61 Å². The van der Waals surface area contributed by atoms with Crippen molar-refractivity contribution in [3.05, 3.63) is 35.4 Å². The van der Waals surface area contributed by atoms with Gasteiger partial charge in [0.1, 0.15) is 0 Å². The molecule has 92 valence electrons. The first-order valence-electron chi connectivity index (χ1n) is 5.81. The third kappa shape index (κ3) is 2.84. The normalized spacial score (nSPS) is 20.0. The number of hydrogen-bond acceptors (Lipinski definition) is 3. The van der Waals surface area contributed by atoms with Gasteiger partial charge >= 0.3 is 0 Å². The second kappa shape index (κ2) is 5.29. The highest BCUT2D eigenvalue weighted by Gasteiger charge is 2.15. The van der Waals surface area contributed by atoms with Crippen molar-refractivity contribution < 1.29 is 9.53 Å². The standard InChI is InChI=1S/C13H18N2O2/c1-15(2)13(16)11-5-3-10(4-6-11)12-9-17-8-7-14-12/h3-6,12,14H,7-9H2,1-2H3. The number of ether oxygens (including phenoxy) is 1. The van der Waals surface area contributed by atoms with Crippen molar-refractivity contribution in [2.75, 3.05) is 33.9 Å². The third-order valence-corrected chi connectivity index (χ3v) is 2.89. The molecule has 0 spiro atoms. The van der Waals surface area contributed by atoms with Crippen molar-refractivity contribution >= 4 is 5.91 Å². The zero-order valence-electron chi connectivity index (χ0n) is 10.3. The Labute approximate surface area is 102 Å². The highest BCUT2D eigenvalue weighted by molar-refractivity contribution is 5.93. The Hall–Kier alpha value is -1.39. The summed E-state index contributed by atoms with van der Waals surface area (Å²) < 4.78 is 5.41. The van der Waals surface area contributed by atoms with Crippen LogP contribution in [0.1, 0.15) is 22.0 Å². The number of nitrogens with zero attached hydrogens (tertiary/aromatic N) is 1. The number of carbonyl (C=O) groups is 1. The second-order valence-electron chi connectivity index (χ2n) is 4.40. The van der Waals surface area contributed by atoms with Gasteiger partial charge in [0.2, 0.25) is 0 Å². The smallest absolute Gasteiger partial charge is 0.253 e.